The van der Waals surface area contributed by atoms with E-state index in [2.05, 4.69) is 0 Å². The number of likely N-dealkylation sites (N-methyl/N-ethyl adjacent to an activating group) is 1. The molecule has 0 radical (unpaired) electrons. The van der Waals surface area contributed by atoms with Gasteiger partial charge in [0.05, 0.1) is 27.7 Å². The molecule has 0 aromatic carbocycles. The first-order chi connectivity index (χ1) is 4.81. The van der Waals surface area contributed by atoms with Crippen LogP contribution in [0.15, 0.2) is 0 Å². The average molecular weight is 161 g/mol. The summed E-state index contributed by atoms with van der Waals surface area (Å²) in [5.74, 6) is -1.02. The van der Waals surface area contributed by atoms with Gasteiger partial charge in [0.1, 0.15) is 0 Å². The standard InChI is InChI=1S/C7H15NO3/c1-8(2,3)5-6(9)4-7(10)11/h6H,4-5H2,1-3H3,(H,10,11). The zero-order valence-electron chi connectivity index (χ0n) is 7.20. The van der Waals surface area contributed by atoms with E-state index in [-0.39, 0.29) is 6.42 Å². The summed E-state index contributed by atoms with van der Waals surface area (Å²) in [6.07, 6.45) is -1.28. The van der Waals surface area contributed by atoms with Crippen molar-refractivity contribution in [2.24, 2.45) is 0 Å². The van der Waals surface area contributed by atoms with Crippen LogP contribution in [0.3, 0.4) is 0 Å². The highest BCUT2D eigenvalue weighted by Gasteiger charge is 2.11. The summed E-state index contributed by atoms with van der Waals surface area (Å²) in [5, 5.41) is 19.2. The van der Waals surface area contributed by atoms with Gasteiger partial charge in [-0.3, -0.25) is 4.79 Å². The summed E-state index contributed by atoms with van der Waals surface area (Å²) in [7, 11) is 5.60. The Morgan fingerprint density at radius 2 is 2.00 bits per heavy atom. The van der Waals surface area contributed by atoms with Gasteiger partial charge in [-0.25, -0.2) is 0 Å². The van der Waals surface area contributed by atoms with Gasteiger partial charge in [-0.1, -0.05) is 6.10 Å². The zero-order chi connectivity index (χ0) is 9.07. The minimum absolute atomic E-state index is 0.282. The molecule has 0 fully saturated rings. The van der Waals surface area contributed by atoms with Crippen LogP contribution >= 0.6 is 0 Å². The molecule has 0 rings (SSSR count). The third kappa shape index (κ3) is 7.29. The molecule has 0 heterocycles. The molecule has 0 aromatic rings. The van der Waals surface area contributed by atoms with Crippen LogP contribution in [-0.2, 0) is 4.79 Å². The van der Waals surface area contributed by atoms with Crippen LogP contribution in [0.4, 0.5) is 0 Å². The summed E-state index contributed by atoms with van der Waals surface area (Å²) in [4.78, 5) is 10.1. The Hall–Kier alpha value is -0.610. The summed E-state index contributed by atoms with van der Waals surface area (Å²) >= 11 is 0. The van der Waals surface area contributed by atoms with Gasteiger partial charge in [-0.2, -0.15) is 0 Å². The molecule has 4 heteroatoms. The van der Waals surface area contributed by atoms with Gasteiger partial charge in [0.25, 0.3) is 0 Å². The molecule has 1 N–H and O–H groups in total. The van der Waals surface area contributed by atoms with E-state index >= 15 is 0 Å². The lowest BCUT2D eigenvalue weighted by molar-refractivity contribution is -0.880. The summed E-state index contributed by atoms with van der Waals surface area (Å²) in [6.45, 7) is 0.353. The molecule has 1 atom stereocenters. The molecule has 0 amide bonds. The number of aliphatic carboxylic acids is 1. The molecule has 0 saturated heterocycles. The van der Waals surface area contributed by atoms with Crippen LogP contribution < -0.4 is 5.11 Å². The molecule has 11 heavy (non-hydrogen) atoms. The lowest BCUT2D eigenvalue weighted by atomic mass is 10.2. The molecule has 0 aromatic heterocycles. The number of carbonyl (C=O) groups is 1. The molecule has 0 bridgehead atoms. The Kier molecular flexibility index (Phi) is 3.48. The van der Waals surface area contributed by atoms with Crippen molar-refractivity contribution in [3.8, 4) is 0 Å². The fourth-order valence-electron chi connectivity index (χ4n) is 0.870. The third-order valence-corrected chi connectivity index (χ3v) is 1.15. The third-order valence-electron chi connectivity index (χ3n) is 1.15. The van der Waals surface area contributed by atoms with Crippen molar-refractivity contribution in [3.05, 3.63) is 0 Å². The van der Waals surface area contributed by atoms with E-state index in [9.17, 15) is 9.90 Å². The van der Waals surface area contributed by atoms with Crippen molar-refractivity contribution in [3.63, 3.8) is 0 Å². The Bertz CT molecular complexity index is 139. The highest BCUT2D eigenvalue weighted by molar-refractivity contribution is 5.67. The minimum Gasteiger partial charge on any atom is -0.848 e. The first kappa shape index (κ1) is 10.4. The summed E-state index contributed by atoms with van der Waals surface area (Å²) in [6, 6.07) is 0. The second-order valence-electron chi connectivity index (χ2n) is 3.69. The number of quaternary nitrogens is 1. The molecule has 0 aliphatic rings. The lowest BCUT2D eigenvalue weighted by Gasteiger charge is -2.31. The lowest BCUT2D eigenvalue weighted by Crippen LogP contribution is -2.47. The van der Waals surface area contributed by atoms with E-state index in [0.29, 0.717) is 11.0 Å². The fraction of sp³-hybridized carbons (Fsp3) is 0.857. The van der Waals surface area contributed by atoms with E-state index in [1.807, 2.05) is 21.1 Å². The number of carboxylic acids is 1. The zero-order valence-corrected chi connectivity index (χ0v) is 7.20. The summed E-state index contributed by atoms with van der Waals surface area (Å²) in [5.41, 5.74) is 0. The normalized spacial score (nSPS) is 14.5. The number of nitrogens with zero attached hydrogens (tertiary/aromatic N) is 1. The van der Waals surface area contributed by atoms with Gasteiger partial charge in [0.2, 0.25) is 0 Å². The second kappa shape index (κ2) is 3.69. The Balaban J connectivity index is 3.69. The van der Waals surface area contributed by atoms with Gasteiger partial charge in [0.15, 0.2) is 0 Å². The van der Waals surface area contributed by atoms with Crippen molar-refractivity contribution in [2.45, 2.75) is 12.5 Å². The number of carboxylic acid groups (broad SMARTS) is 1. The predicted octanol–water partition coefficient (Wildman–Crippen LogP) is -1.10. The fourth-order valence-corrected chi connectivity index (χ4v) is 0.870. The van der Waals surface area contributed by atoms with Gasteiger partial charge >= 0.3 is 5.97 Å². The van der Waals surface area contributed by atoms with E-state index in [0.717, 1.165) is 0 Å². The van der Waals surface area contributed by atoms with E-state index < -0.39 is 12.1 Å². The smallest absolute Gasteiger partial charge is 0.302 e. The maximum atomic E-state index is 11.0. The van der Waals surface area contributed by atoms with E-state index in [4.69, 9.17) is 5.11 Å². The molecule has 0 saturated carbocycles. The van der Waals surface area contributed by atoms with Crippen LogP contribution in [0.1, 0.15) is 6.42 Å². The average Bonchev–Trinajstić information content (AvgIpc) is 1.53. The molecular weight excluding hydrogens is 146 g/mol. The van der Waals surface area contributed by atoms with Gasteiger partial charge < -0.3 is 14.7 Å². The van der Waals surface area contributed by atoms with Crippen molar-refractivity contribution in [2.75, 3.05) is 27.7 Å². The maximum absolute atomic E-state index is 11.0. The quantitative estimate of drug-likeness (QED) is 0.532. The topological polar surface area (TPSA) is 60.4 Å². The number of hydrogen-bond donors (Lipinski definition) is 1. The first-order valence-electron chi connectivity index (χ1n) is 3.49. The Morgan fingerprint density at radius 1 is 1.55 bits per heavy atom. The van der Waals surface area contributed by atoms with Crippen LogP contribution in [0.25, 0.3) is 0 Å². The predicted molar refractivity (Wildman–Crippen MR) is 38.9 cm³/mol. The van der Waals surface area contributed by atoms with E-state index in [1.54, 1.807) is 0 Å². The van der Waals surface area contributed by atoms with Crippen molar-refractivity contribution in [1.29, 1.82) is 0 Å². The summed E-state index contributed by atoms with van der Waals surface area (Å²) < 4.78 is 0.515. The molecular formula is C7H15NO3. The van der Waals surface area contributed by atoms with Gasteiger partial charge in [-0.05, 0) is 0 Å². The van der Waals surface area contributed by atoms with Crippen LogP contribution in [-0.4, -0.2) is 49.4 Å². The van der Waals surface area contributed by atoms with Gasteiger partial charge in [0, 0.05) is 6.42 Å². The van der Waals surface area contributed by atoms with Crippen molar-refractivity contribution < 1.29 is 19.5 Å². The maximum Gasteiger partial charge on any atom is 0.302 e. The molecule has 66 valence electrons. The molecule has 0 aliphatic carbocycles. The molecule has 0 aliphatic heterocycles. The highest BCUT2D eigenvalue weighted by atomic mass is 16.4. The van der Waals surface area contributed by atoms with Crippen LogP contribution in [0, 0.1) is 0 Å². The van der Waals surface area contributed by atoms with Crippen LogP contribution in [0.2, 0.25) is 0 Å². The largest absolute Gasteiger partial charge is 0.848 e. The first-order valence-corrected chi connectivity index (χ1v) is 3.49. The molecule has 1 unspecified atom stereocenters. The Morgan fingerprint density at radius 3 is 2.27 bits per heavy atom. The van der Waals surface area contributed by atoms with Gasteiger partial charge in [-0.15, -0.1) is 0 Å². The minimum atomic E-state index is -1.02. The van der Waals surface area contributed by atoms with Crippen molar-refractivity contribution in [1.82, 2.24) is 0 Å². The number of hydrogen-bond acceptors (Lipinski definition) is 2. The van der Waals surface area contributed by atoms with Crippen LogP contribution in [0.5, 0.6) is 0 Å². The Labute approximate surface area is 66.6 Å². The second-order valence-corrected chi connectivity index (χ2v) is 3.69. The highest BCUT2D eigenvalue weighted by Crippen LogP contribution is 1.95. The SMILES string of the molecule is C[N+](C)(C)CC([O-])CC(=O)O. The van der Waals surface area contributed by atoms with E-state index in [1.165, 1.54) is 0 Å². The monoisotopic (exact) mass is 161 g/mol. The molecule has 0 spiro atoms. The molecule has 4 nitrogen and oxygen atoms in total. The number of rotatable bonds is 4. The van der Waals surface area contributed by atoms with Crippen molar-refractivity contribution >= 4 is 5.97 Å².